The molecule has 1 aliphatic rings. The lowest BCUT2D eigenvalue weighted by atomic mass is 10.0. The lowest BCUT2D eigenvalue weighted by molar-refractivity contribution is -0.121. The second kappa shape index (κ2) is 11.3. The molecule has 0 radical (unpaired) electrons. The molecule has 0 unspecified atom stereocenters. The zero-order chi connectivity index (χ0) is 26.5. The Bertz CT molecular complexity index is 1400. The monoisotopic (exact) mass is 508 g/mol. The molecule has 0 spiro atoms. The first-order valence-corrected chi connectivity index (χ1v) is 11.9. The van der Waals surface area contributed by atoms with Crippen molar-refractivity contribution in [3.63, 3.8) is 0 Å². The number of nitrogens with one attached hydrogen (secondary N) is 1. The smallest absolute Gasteiger partial charge is 0.286 e. The molecule has 1 saturated carbocycles. The summed E-state index contributed by atoms with van der Waals surface area (Å²) in [5.41, 5.74) is 0.402. The number of benzene rings is 2. The van der Waals surface area contributed by atoms with Crippen molar-refractivity contribution in [2.45, 2.75) is 44.4 Å². The van der Waals surface area contributed by atoms with Crippen LogP contribution in [0.25, 0.3) is 0 Å². The van der Waals surface area contributed by atoms with Crippen molar-refractivity contribution in [2.75, 3.05) is 0 Å². The summed E-state index contributed by atoms with van der Waals surface area (Å²) in [6.45, 7) is -0.154. The highest BCUT2D eigenvalue weighted by Crippen LogP contribution is 2.19. The molecule has 0 saturated heterocycles. The highest BCUT2D eigenvalue weighted by atomic mass is 19.1. The van der Waals surface area contributed by atoms with Gasteiger partial charge in [-0.3, -0.25) is 14.4 Å². The van der Waals surface area contributed by atoms with E-state index >= 15 is 0 Å². The molecule has 37 heavy (non-hydrogen) atoms. The quantitative estimate of drug-likeness (QED) is 0.246. The first-order valence-electron chi connectivity index (χ1n) is 11.9. The predicted octanol–water partition coefficient (Wildman–Crippen LogP) is 3.42. The SMILES string of the molecule is O=C(N[C@H]1CCC[C@@H]1O)/C(O)=C/C(=O)c1cc(Cc2ccc(F)cc2)cn(Cc2ccccc2F)c1=O. The van der Waals surface area contributed by atoms with Gasteiger partial charge in [-0.1, -0.05) is 30.3 Å². The van der Waals surface area contributed by atoms with Crippen LogP contribution in [0.2, 0.25) is 0 Å². The average molecular weight is 509 g/mol. The van der Waals surface area contributed by atoms with E-state index in [2.05, 4.69) is 5.32 Å². The fourth-order valence-electron chi connectivity index (χ4n) is 4.36. The highest BCUT2D eigenvalue weighted by Gasteiger charge is 2.28. The first-order chi connectivity index (χ1) is 17.7. The summed E-state index contributed by atoms with van der Waals surface area (Å²) in [4.78, 5) is 38.5. The first kappa shape index (κ1) is 26.0. The van der Waals surface area contributed by atoms with Gasteiger partial charge in [-0.15, -0.1) is 0 Å². The molecule has 0 bridgehead atoms. The van der Waals surface area contributed by atoms with Gasteiger partial charge < -0.3 is 20.1 Å². The maximum Gasteiger partial charge on any atom is 0.286 e. The van der Waals surface area contributed by atoms with Crippen LogP contribution in [-0.4, -0.2) is 38.6 Å². The zero-order valence-corrected chi connectivity index (χ0v) is 19.9. The van der Waals surface area contributed by atoms with Crippen LogP contribution in [0.3, 0.4) is 0 Å². The number of carbonyl (C=O) groups is 2. The molecule has 0 aliphatic heterocycles. The van der Waals surface area contributed by atoms with E-state index in [4.69, 9.17) is 0 Å². The fourth-order valence-corrected chi connectivity index (χ4v) is 4.36. The third-order valence-electron chi connectivity index (χ3n) is 6.32. The fraction of sp³-hybridized carbons (Fsp3) is 0.250. The minimum Gasteiger partial charge on any atom is -0.503 e. The van der Waals surface area contributed by atoms with Crippen LogP contribution in [0.15, 0.2) is 77.4 Å². The summed E-state index contributed by atoms with van der Waals surface area (Å²) in [7, 11) is 0. The second-order valence-corrected chi connectivity index (χ2v) is 9.06. The normalized spacial score (nSPS) is 17.5. The number of amides is 1. The van der Waals surface area contributed by atoms with Gasteiger partial charge in [0.25, 0.3) is 11.5 Å². The van der Waals surface area contributed by atoms with Gasteiger partial charge >= 0.3 is 0 Å². The summed E-state index contributed by atoms with van der Waals surface area (Å²) in [6, 6.07) is 12.4. The van der Waals surface area contributed by atoms with Crippen LogP contribution in [0, 0.1) is 11.6 Å². The topological polar surface area (TPSA) is 109 Å². The predicted molar refractivity (Wildman–Crippen MR) is 132 cm³/mol. The number of aromatic nitrogens is 1. The third-order valence-corrected chi connectivity index (χ3v) is 6.32. The number of hydrogen-bond donors (Lipinski definition) is 3. The number of ketones is 1. The van der Waals surface area contributed by atoms with Gasteiger partial charge in [-0.2, -0.15) is 0 Å². The largest absolute Gasteiger partial charge is 0.503 e. The van der Waals surface area contributed by atoms with E-state index in [-0.39, 0.29) is 24.1 Å². The van der Waals surface area contributed by atoms with Crippen LogP contribution in [0.1, 0.15) is 46.3 Å². The molecule has 1 aromatic heterocycles. The minimum atomic E-state index is -0.937. The van der Waals surface area contributed by atoms with Crippen molar-refractivity contribution < 1.29 is 28.6 Å². The van der Waals surface area contributed by atoms with Gasteiger partial charge in [0.15, 0.2) is 11.5 Å². The molecule has 1 fully saturated rings. The molecule has 1 heterocycles. The second-order valence-electron chi connectivity index (χ2n) is 9.06. The molecular formula is C28H26F2N2O5. The van der Waals surface area contributed by atoms with E-state index in [1.165, 1.54) is 47.2 Å². The van der Waals surface area contributed by atoms with Crippen molar-refractivity contribution in [2.24, 2.45) is 0 Å². The molecule has 1 amide bonds. The number of pyridine rings is 1. The number of hydrogen-bond acceptors (Lipinski definition) is 5. The van der Waals surface area contributed by atoms with Gasteiger partial charge in [0.05, 0.1) is 24.3 Å². The zero-order valence-electron chi connectivity index (χ0n) is 19.9. The Morgan fingerprint density at radius 2 is 1.78 bits per heavy atom. The van der Waals surface area contributed by atoms with Gasteiger partial charge in [-0.25, -0.2) is 8.78 Å². The van der Waals surface area contributed by atoms with Crippen molar-refractivity contribution in [3.05, 3.63) is 117 Å². The Kier molecular flexibility index (Phi) is 7.93. The summed E-state index contributed by atoms with van der Waals surface area (Å²) in [5, 5.41) is 22.6. The Balaban J connectivity index is 1.66. The molecular weight excluding hydrogens is 482 g/mol. The number of halogens is 2. The van der Waals surface area contributed by atoms with E-state index in [9.17, 15) is 33.4 Å². The molecule has 9 heteroatoms. The van der Waals surface area contributed by atoms with E-state index < -0.39 is 46.8 Å². The Morgan fingerprint density at radius 3 is 2.46 bits per heavy atom. The number of allylic oxidation sites excluding steroid dienone is 1. The Hall–Kier alpha value is -4.11. The van der Waals surface area contributed by atoms with Crippen LogP contribution >= 0.6 is 0 Å². The van der Waals surface area contributed by atoms with Crippen LogP contribution < -0.4 is 10.9 Å². The maximum absolute atomic E-state index is 14.3. The number of aliphatic hydroxyl groups excluding tert-OH is 2. The van der Waals surface area contributed by atoms with E-state index in [1.807, 2.05) is 0 Å². The number of aliphatic hydroxyl groups is 2. The van der Waals surface area contributed by atoms with Crippen molar-refractivity contribution in [1.82, 2.24) is 9.88 Å². The van der Waals surface area contributed by atoms with Crippen molar-refractivity contribution in [3.8, 4) is 0 Å². The lowest BCUT2D eigenvalue weighted by Crippen LogP contribution is -2.40. The van der Waals surface area contributed by atoms with Gasteiger partial charge in [0.1, 0.15) is 11.6 Å². The van der Waals surface area contributed by atoms with E-state index in [0.29, 0.717) is 30.0 Å². The summed E-state index contributed by atoms with van der Waals surface area (Å²) in [6.07, 6.45) is 3.44. The molecule has 4 rings (SSSR count). The molecule has 2 atom stereocenters. The third kappa shape index (κ3) is 6.37. The standard InChI is InChI=1S/C28H26F2N2O5/c29-20-10-8-17(9-11-20)12-18-13-21(28(37)32(15-18)16-19-4-1-2-5-22(19)30)25(34)14-26(35)27(36)31-23-6-3-7-24(23)33/h1-2,4-5,8-11,13-15,23-24,33,35H,3,6-7,12,16H2,(H,31,36)/b26-14-/t23-,24-/m0/s1. The summed E-state index contributed by atoms with van der Waals surface area (Å²) >= 11 is 0. The number of carbonyl (C=O) groups excluding carboxylic acids is 2. The van der Waals surface area contributed by atoms with Crippen LogP contribution in [0.4, 0.5) is 8.78 Å². The number of rotatable bonds is 8. The maximum atomic E-state index is 14.3. The van der Waals surface area contributed by atoms with Crippen LogP contribution in [-0.2, 0) is 17.8 Å². The summed E-state index contributed by atoms with van der Waals surface area (Å²) in [5.74, 6) is -3.67. The Morgan fingerprint density at radius 1 is 1.05 bits per heavy atom. The molecule has 1 aliphatic carbocycles. The molecule has 192 valence electrons. The lowest BCUT2D eigenvalue weighted by Gasteiger charge is -2.15. The number of nitrogens with zero attached hydrogens (tertiary/aromatic N) is 1. The highest BCUT2D eigenvalue weighted by molar-refractivity contribution is 6.08. The van der Waals surface area contributed by atoms with E-state index in [1.54, 1.807) is 18.2 Å². The van der Waals surface area contributed by atoms with Gasteiger partial charge in [0.2, 0.25) is 0 Å². The van der Waals surface area contributed by atoms with Gasteiger partial charge in [-0.05, 0) is 61.1 Å². The van der Waals surface area contributed by atoms with Crippen molar-refractivity contribution in [1.29, 1.82) is 0 Å². The molecule has 7 nitrogen and oxygen atoms in total. The van der Waals surface area contributed by atoms with E-state index in [0.717, 1.165) is 6.42 Å². The average Bonchev–Trinajstić information content (AvgIpc) is 3.27. The minimum absolute atomic E-state index is 0.154. The van der Waals surface area contributed by atoms with Gasteiger partial charge in [0, 0.05) is 17.8 Å². The molecule has 2 aromatic carbocycles. The molecule has 3 aromatic rings. The van der Waals surface area contributed by atoms with Crippen molar-refractivity contribution >= 4 is 11.7 Å². The van der Waals surface area contributed by atoms with Crippen LogP contribution in [0.5, 0.6) is 0 Å². The summed E-state index contributed by atoms with van der Waals surface area (Å²) < 4.78 is 28.8. The molecule has 3 N–H and O–H groups in total. The Labute approximate surface area is 211 Å².